The summed E-state index contributed by atoms with van der Waals surface area (Å²) in [6, 6.07) is 13.1. The monoisotopic (exact) mass is 392 g/mol. The average molecular weight is 393 g/mol. The Morgan fingerprint density at radius 2 is 1.56 bits per heavy atom. The molecule has 142 valence electrons. The molecule has 5 heteroatoms. The van der Waals surface area contributed by atoms with Gasteiger partial charge in [-0.15, -0.1) is 0 Å². The molecule has 0 aliphatic heterocycles. The molecule has 0 amide bonds. The van der Waals surface area contributed by atoms with Crippen molar-refractivity contribution in [1.29, 1.82) is 0 Å². The Morgan fingerprint density at radius 1 is 0.926 bits per heavy atom. The standard InChI is InChI=1S/C22H20ClF3O/c23-16-12-10-14(11-13-16)19-17-8-4-5-9-18(17)21(27,20(19)22(24,25)26)15-6-2-1-3-7-15/h4-5,8-13,15,27H,1-3,6-7H2. The van der Waals surface area contributed by atoms with E-state index in [0.29, 0.717) is 34.6 Å². The van der Waals surface area contributed by atoms with Crippen LogP contribution in [-0.4, -0.2) is 11.3 Å². The van der Waals surface area contributed by atoms with Crippen molar-refractivity contribution < 1.29 is 18.3 Å². The second-order valence-corrected chi connectivity index (χ2v) is 7.84. The van der Waals surface area contributed by atoms with E-state index in [9.17, 15) is 18.3 Å². The highest BCUT2D eigenvalue weighted by Crippen LogP contribution is 2.58. The van der Waals surface area contributed by atoms with E-state index in [0.717, 1.165) is 19.3 Å². The minimum Gasteiger partial charge on any atom is -0.380 e. The van der Waals surface area contributed by atoms with Crippen LogP contribution in [0.3, 0.4) is 0 Å². The van der Waals surface area contributed by atoms with Crippen LogP contribution in [-0.2, 0) is 5.60 Å². The molecule has 2 aromatic rings. The first-order valence-electron chi connectivity index (χ1n) is 9.23. The summed E-state index contributed by atoms with van der Waals surface area (Å²) in [4.78, 5) is 0. The zero-order valence-corrected chi connectivity index (χ0v) is 15.4. The Bertz CT molecular complexity index is 879. The number of alkyl halides is 3. The third-order valence-electron chi connectivity index (χ3n) is 5.85. The Hall–Kier alpha value is -1.78. The molecule has 27 heavy (non-hydrogen) atoms. The number of fused-ring (bicyclic) bond motifs is 1. The van der Waals surface area contributed by atoms with Crippen molar-refractivity contribution in [3.8, 4) is 0 Å². The van der Waals surface area contributed by atoms with Crippen molar-refractivity contribution >= 4 is 17.2 Å². The van der Waals surface area contributed by atoms with Crippen LogP contribution in [0.4, 0.5) is 13.2 Å². The summed E-state index contributed by atoms with van der Waals surface area (Å²) in [5, 5.41) is 12.1. The summed E-state index contributed by atoms with van der Waals surface area (Å²) in [5.74, 6) is -0.436. The molecule has 0 radical (unpaired) electrons. The largest absolute Gasteiger partial charge is 0.416 e. The van der Waals surface area contributed by atoms with Gasteiger partial charge in [0.05, 0.1) is 5.57 Å². The van der Waals surface area contributed by atoms with Crippen LogP contribution in [0.25, 0.3) is 5.57 Å². The van der Waals surface area contributed by atoms with Crippen LogP contribution >= 0.6 is 11.6 Å². The fraction of sp³-hybridized carbons (Fsp3) is 0.364. The lowest BCUT2D eigenvalue weighted by atomic mass is 9.71. The molecule has 1 atom stereocenters. The lowest BCUT2D eigenvalue weighted by Crippen LogP contribution is -2.41. The number of halogens is 4. The summed E-state index contributed by atoms with van der Waals surface area (Å²) in [6.07, 6.45) is -0.757. The van der Waals surface area contributed by atoms with E-state index < -0.39 is 23.3 Å². The topological polar surface area (TPSA) is 20.2 Å². The van der Waals surface area contributed by atoms with E-state index in [1.165, 1.54) is 0 Å². The molecular formula is C22H20ClF3O. The van der Waals surface area contributed by atoms with Crippen molar-refractivity contribution in [1.82, 2.24) is 0 Å². The lowest BCUT2D eigenvalue weighted by Gasteiger charge is -2.39. The van der Waals surface area contributed by atoms with E-state index in [4.69, 9.17) is 11.6 Å². The Morgan fingerprint density at radius 3 is 2.19 bits per heavy atom. The quantitative estimate of drug-likeness (QED) is 0.619. The normalized spacial score (nSPS) is 23.6. The van der Waals surface area contributed by atoms with Crippen molar-refractivity contribution in [2.24, 2.45) is 5.92 Å². The third kappa shape index (κ3) is 2.99. The first kappa shape index (κ1) is 18.6. The van der Waals surface area contributed by atoms with Crippen LogP contribution in [0.1, 0.15) is 48.8 Å². The predicted molar refractivity (Wildman–Crippen MR) is 100 cm³/mol. The number of rotatable bonds is 2. The maximum Gasteiger partial charge on any atom is 0.416 e. The average Bonchev–Trinajstić information content (AvgIpc) is 2.94. The minimum absolute atomic E-state index is 0.0721. The number of benzene rings is 2. The molecule has 1 unspecified atom stereocenters. The highest BCUT2D eigenvalue weighted by molar-refractivity contribution is 6.30. The van der Waals surface area contributed by atoms with Gasteiger partial charge >= 0.3 is 6.18 Å². The SMILES string of the molecule is OC1(C2CCCCC2)C(C(F)(F)F)=C(c2ccc(Cl)cc2)c2ccccc21. The van der Waals surface area contributed by atoms with Gasteiger partial charge in [0.15, 0.2) is 0 Å². The molecule has 2 aliphatic rings. The fourth-order valence-corrected chi connectivity index (χ4v) is 4.84. The minimum atomic E-state index is -4.64. The molecule has 0 spiro atoms. The Kier molecular flexibility index (Phi) is 4.59. The zero-order valence-electron chi connectivity index (χ0n) is 14.7. The van der Waals surface area contributed by atoms with E-state index in [2.05, 4.69) is 0 Å². The van der Waals surface area contributed by atoms with Gasteiger partial charge in [0.25, 0.3) is 0 Å². The molecule has 1 nitrogen and oxygen atoms in total. The first-order valence-corrected chi connectivity index (χ1v) is 9.61. The van der Waals surface area contributed by atoms with Crippen molar-refractivity contribution in [2.45, 2.75) is 43.9 Å². The number of aliphatic hydroxyl groups is 1. The highest BCUT2D eigenvalue weighted by atomic mass is 35.5. The summed E-state index contributed by atoms with van der Waals surface area (Å²) in [5.41, 5.74) is -1.52. The molecule has 2 aliphatic carbocycles. The first-order chi connectivity index (χ1) is 12.8. The van der Waals surface area contributed by atoms with Crippen LogP contribution in [0.5, 0.6) is 0 Å². The van der Waals surface area contributed by atoms with Gasteiger partial charge < -0.3 is 5.11 Å². The van der Waals surface area contributed by atoms with Gasteiger partial charge in [-0.25, -0.2) is 0 Å². The van der Waals surface area contributed by atoms with Crippen molar-refractivity contribution in [3.63, 3.8) is 0 Å². The third-order valence-corrected chi connectivity index (χ3v) is 6.10. The van der Waals surface area contributed by atoms with E-state index in [1.54, 1.807) is 48.5 Å². The van der Waals surface area contributed by atoms with Crippen LogP contribution in [0.15, 0.2) is 54.1 Å². The van der Waals surface area contributed by atoms with Crippen molar-refractivity contribution in [3.05, 3.63) is 75.8 Å². The maximum atomic E-state index is 14.3. The molecule has 0 bridgehead atoms. The summed E-state index contributed by atoms with van der Waals surface area (Å²) in [6.45, 7) is 0. The number of hydrogen-bond acceptors (Lipinski definition) is 1. The Balaban J connectivity index is 2.01. The zero-order chi connectivity index (χ0) is 19.2. The van der Waals surface area contributed by atoms with Gasteiger partial charge in [-0.05, 0) is 47.6 Å². The van der Waals surface area contributed by atoms with Crippen LogP contribution < -0.4 is 0 Å². The second-order valence-electron chi connectivity index (χ2n) is 7.40. The summed E-state index contributed by atoms with van der Waals surface area (Å²) >= 11 is 5.93. The smallest absolute Gasteiger partial charge is 0.380 e. The summed E-state index contributed by atoms with van der Waals surface area (Å²) in [7, 11) is 0. The molecule has 0 heterocycles. The van der Waals surface area contributed by atoms with Gasteiger partial charge in [0, 0.05) is 10.6 Å². The predicted octanol–water partition coefficient (Wildman–Crippen LogP) is 6.49. The molecule has 0 saturated heterocycles. The van der Waals surface area contributed by atoms with Gasteiger partial charge in [0.1, 0.15) is 5.60 Å². The molecule has 1 fully saturated rings. The Labute approximate surface area is 161 Å². The van der Waals surface area contributed by atoms with Gasteiger partial charge in [0.2, 0.25) is 0 Å². The van der Waals surface area contributed by atoms with Crippen LogP contribution in [0, 0.1) is 5.92 Å². The molecule has 1 N–H and O–H groups in total. The fourth-order valence-electron chi connectivity index (χ4n) is 4.71. The molecule has 0 aromatic heterocycles. The molecule has 1 saturated carbocycles. The van der Waals surface area contributed by atoms with Gasteiger partial charge in [-0.1, -0.05) is 67.3 Å². The van der Waals surface area contributed by atoms with E-state index in [1.807, 2.05) is 0 Å². The summed E-state index contributed by atoms with van der Waals surface area (Å²) < 4.78 is 43.0. The van der Waals surface area contributed by atoms with Crippen LogP contribution in [0.2, 0.25) is 5.02 Å². The van der Waals surface area contributed by atoms with Gasteiger partial charge in [-0.3, -0.25) is 0 Å². The molecular weight excluding hydrogens is 373 g/mol. The van der Waals surface area contributed by atoms with Gasteiger partial charge in [-0.2, -0.15) is 13.2 Å². The second kappa shape index (κ2) is 6.68. The maximum absolute atomic E-state index is 14.3. The van der Waals surface area contributed by atoms with Crippen molar-refractivity contribution in [2.75, 3.05) is 0 Å². The number of hydrogen-bond donors (Lipinski definition) is 1. The highest BCUT2D eigenvalue weighted by Gasteiger charge is 2.58. The lowest BCUT2D eigenvalue weighted by molar-refractivity contribution is -0.133. The van der Waals surface area contributed by atoms with E-state index >= 15 is 0 Å². The molecule has 4 rings (SSSR count). The molecule has 2 aromatic carbocycles. The van der Waals surface area contributed by atoms with E-state index in [-0.39, 0.29) is 5.57 Å².